The maximum atomic E-state index is 2.66. The molecular formula is C44H50N4+2. The SMILES string of the molecule is CC(C)c1c[n+](C(c2ccccc2)c2ccccc2)cn1[C@@H]1CCCC[C@H]1n1c[n+](C(c2ccccc2)c2ccccc2)cc1C(C)C. The van der Waals surface area contributed by atoms with Gasteiger partial charge in [-0.25, -0.2) is 18.3 Å². The molecule has 0 N–H and O–H groups in total. The fourth-order valence-electron chi connectivity index (χ4n) is 8.01. The average molecular weight is 635 g/mol. The molecule has 1 saturated carbocycles. The zero-order valence-electron chi connectivity index (χ0n) is 28.9. The van der Waals surface area contributed by atoms with Crippen LogP contribution in [0.15, 0.2) is 146 Å². The molecule has 7 rings (SSSR count). The highest BCUT2D eigenvalue weighted by Crippen LogP contribution is 2.41. The standard InChI is InChI=1S/C44H50N4/c1-33(2)41-29-45(43(35-19-9-5-10-20-35)36-21-11-6-12-22-36)31-47(41)39-27-17-18-28-40(39)48-32-46(30-42(48)34(3)4)44(37-23-13-7-14-24-37)38-25-15-8-16-26-38/h5-16,19-26,29-34,39-40,43-44H,17-18,27-28H2,1-4H3/q+2/t39-,40-/m1/s1. The van der Waals surface area contributed by atoms with Crippen molar-refractivity contribution in [2.45, 2.75) is 89.4 Å². The molecule has 244 valence electrons. The molecule has 1 aliphatic rings. The molecule has 2 atom stereocenters. The van der Waals surface area contributed by atoms with Crippen molar-refractivity contribution in [2.75, 3.05) is 0 Å². The summed E-state index contributed by atoms with van der Waals surface area (Å²) in [4.78, 5) is 0. The number of imidazole rings is 2. The fourth-order valence-corrected chi connectivity index (χ4v) is 8.01. The van der Waals surface area contributed by atoms with Crippen molar-refractivity contribution in [3.05, 3.63) is 180 Å². The molecule has 6 aromatic rings. The van der Waals surface area contributed by atoms with E-state index in [-0.39, 0.29) is 12.1 Å². The molecule has 1 fully saturated rings. The van der Waals surface area contributed by atoms with Gasteiger partial charge in [-0.15, -0.1) is 0 Å². The maximum absolute atomic E-state index is 2.66. The molecule has 0 aliphatic heterocycles. The van der Waals surface area contributed by atoms with Crippen molar-refractivity contribution in [2.24, 2.45) is 0 Å². The minimum atomic E-state index is 0.116. The van der Waals surface area contributed by atoms with Crippen LogP contribution in [0.25, 0.3) is 0 Å². The molecule has 0 saturated heterocycles. The Morgan fingerprint density at radius 1 is 0.458 bits per heavy atom. The molecule has 2 aromatic heterocycles. The summed E-state index contributed by atoms with van der Waals surface area (Å²) in [7, 11) is 0. The highest BCUT2D eigenvalue weighted by atomic mass is 15.2. The van der Waals surface area contributed by atoms with E-state index in [4.69, 9.17) is 0 Å². The molecule has 0 amide bonds. The van der Waals surface area contributed by atoms with E-state index in [9.17, 15) is 0 Å². The number of hydrogen-bond donors (Lipinski definition) is 0. The van der Waals surface area contributed by atoms with E-state index in [1.54, 1.807) is 0 Å². The van der Waals surface area contributed by atoms with Gasteiger partial charge in [-0.1, -0.05) is 149 Å². The number of hydrogen-bond acceptors (Lipinski definition) is 0. The Morgan fingerprint density at radius 2 is 0.750 bits per heavy atom. The van der Waals surface area contributed by atoms with Crippen LogP contribution < -0.4 is 9.13 Å². The minimum absolute atomic E-state index is 0.116. The summed E-state index contributed by atoms with van der Waals surface area (Å²) in [6, 6.07) is 44.9. The molecule has 0 radical (unpaired) electrons. The van der Waals surface area contributed by atoms with Gasteiger partial charge >= 0.3 is 0 Å². The van der Waals surface area contributed by atoms with Gasteiger partial charge in [-0.05, 0) is 25.7 Å². The van der Waals surface area contributed by atoms with Crippen LogP contribution in [0.2, 0.25) is 0 Å². The summed E-state index contributed by atoms with van der Waals surface area (Å²) in [6.45, 7) is 9.39. The Kier molecular flexibility index (Phi) is 9.43. The molecule has 4 aromatic carbocycles. The molecule has 4 heteroatoms. The van der Waals surface area contributed by atoms with Crippen molar-refractivity contribution in [3.63, 3.8) is 0 Å². The lowest BCUT2D eigenvalue weighted by atomic mass is 9.89. The first-order chi connectivity index (χ1) is 23.5. The molecule has 1 aliphatic carbocycles. The van der Waals surface area contributed by atoms with E-state index in [1.165, 1.54) is 59.3 Å². The third-order valence-corrected chi connectivity index (χ3v) is 10.3. The summed E-state index contributed by atoms with van der Waals surface area (Å²) >= 11 is 0. The van der Waals surface area contributed by atoms with Crippen LogP contribution >= 0.6 is 0 Å². The third-order valence-electron chi connectivity index (χ3n) is 10.3. The van der Waals surface area contributed by atoms with Crippen LogP contribution in [0, 0.1) is 0 Å². The smallest absolute Gasteiger partial charge is 0.227 e. The molecule has 0 unspecified atom stereocenters. The fraction of sp³-hybridized carbons (Fsp3) is 0.318. The van der Waals surface area contributed by atoms with Crippen molar-refractivity contribution in [1.29, 1.82) is 0 Å². The van der Waals surface area contributed by atoms with Crippen molar-refractivity contribution < 1.29 is 9.13 Å². The normalized spacial score (nSPS) is 16.8. The number of nitrogens with zero attached hydrogens (tertiary/aromatic N) is 4. The maximum Gasteiger partial charge on any atom is 0.245 e. The van der Waals surface area contributed by atoms with Gasteiger partial charge < -0.3 is 0 Å². The van der Waals surface area contributed by atoms with Crippen LogP contribution in [0.1, 0.15) is 123 Å². The van der Waals surface area contributed by atoms with E-state index in [0.29, 0.717) is 23.9 Å². The van der Waals surface area contributed by atoms with Gasteiger partial charge in [0.25, 0.3) is 0 Å². The lowest BCUT2D eigenvalue weighted by Gasteiger charge is -2.29. The van der Waals surface area contributed by atoms with E-state index >= 15 is 0 Å². The molecule has 0 bridgehead atoms. The van der Waals surface area contributed by atoms with Crippen molar-refractivity contribution in [1.82, 2.24) is 9.13 Å². The Labute approximate surface area is 287 Å². The lowest BCUT2D eigenvalue weighted by molar-refractivity contribution is -0.705. The van der Waals surface area contributed by atoms with Gasteiger partial charge in [-0.3, -0.25) is 0 Å². The summed E-state index contributed by atoms with van der Waals surface area (Å²) in [6.07, 6.45) is 14.6. The van der Waals surface area contributed by atoms with Crippen LogP contribution in [-0.2, 0) is 0 Å². The molecule has 0 spiro atoms. The largest absolute Gasteiger partial charge is 0.245 e. The Balaban J connectivity index is 1.34. The van der Waals surface area contributed by atoms with Gasteiger partial charge in [0, 0.05) is 34.1 Å². The minimum Gasteiger partial charge on any atom is -0.227 e. The second-order valence-corrected chi connectivity index (χ2v) is 14.2. The first-order valence-electron chi connectivity index (χ1n) is 17.9. The number of benzene rings is 4. The Hall–Kier alpha value is -4.70. The number of aromatic nitrogens is 4. The van der Waals surface area contributed by atoms with E-state index in [2.05, 4.69) is 192 Å². The summed E-state index contributed by atoms with van der Waals surface area (Å²) in [5, 5.41) is 0. The quantitative estimate of drug-likeness (QED) is 0.134. The topological polar surface area (TPSA) is 17.6 Å². The van der Waals surface area contributed by atoms with Crippen LogP contribution in [0.3, 0.4) is 0 Å². The van der Waals surface area contributed by atoms with Crippen molar-refractivity contribution >= 4 is 0 Å². The van der Waals surface area contributed by atoms with Crippen molar-refractivity contribution in [3.8, 4) is 0 Å². The average Bonchev–Trinajstić information content (AvgIpc) is 3.77. The summed E-state index contributed by atoms with van der Waals surface area (Å²) < 4.78 is 10.3. The predicted octanol–water partition coefficient (Wildman–Crippen LogP) is 9.74. The molecule has 2 heterocycles. The first-order valence-corrected chi connectivity index (χ1v) is 17.9. The van der Waals surface area contributed by atoms with Crippen LogP contribution in [-0.4, -0.2) is 9.13 Å². The van der Waals surface area contributed by atoms with Gasteiger partial charge in [0.1, 0.15) is 35.9 Å². The zero-order chi connectivity index (χ0) is 33.0. The van der Waals surface area contributed by atoms with Crippen LogP contribution in [0.5, 0.6) is 0 Å². The molecule has 4 nitrogen and oxygen atoms in total. The second kappa shape index (κ2) is 14.2. The van der Waals surface area contributed by atoms with E-state index in [1.807, 2.05) is 0 Å². The molecular weight excluding hydrogens is 585 g/mol. The lowest BCUT2D eigenvalue weighted by Crippen LogP contribution is -2.40. The van der Waals surface area contributed by atoms with E-state index < -0.39 is 0 Å². The van der Waals surface area contributed by atoms with Gasteiger partial charge in [0.05, 0.1) is 0 Å². The van der Waals surface area contributed by atoms with E-state index in [0.717, 1.165) is 0 Å². The first kappa shape index (κ1) is 31.9. The van der Waals surface area contributed by atoms with Gasteiger partial charge in [0.15, 0.2) is 12.1 Å². The number of rotatable bonds is 10. The van der Waals surface area contributed by atoms with Crippen LogP contribution in [0.4, 0.5) is 0 Å². The summed E-state index contributed by atoms with van der Waals surface area (Å²) in [5.41, 5.74) is 8.04. The molecule has 48 heavy (non-hydrogen) atoms. The monoisotopic (exact) mass is 634 g/mol. The Morgan fingerprint density at radius 3 is 1.02 bits per heavy atom. The van der Waals surface area contributed by atoms with Gasteiger partial charge in [0.2, 0.25) is 12.7 Å². The third kappa shape index (κ3) is 6.41. The highest BCUT2D eigenvalue weighted by molar-refractivity contribution is 5.31. The predicted molar refractivity (Wildman–Crippen MR) is 194 cm³/mol. The zero-order valence-corrected chi connectivity index (χ0v) is 28.9. The Bertz CT molecular complexity index is 1670. The highest BCUT2D eigenvalue weighted by Gasteiger charge is 2.40. The van der Waals surface area contributed by atoms with Gasteiger partial charge in [-0.2, -0.15) is 0 Å². The second-order valence-electron chi connectivity index (χ2n) is 14.2. The summed E-state index contributed by atoms with van der Waals surface area (Å²) in [5.74, 6) is 0.807.